The summed E-state index contributed by atoms with van der Waals surface area (Å²) in [4.78, 5) is 11.5. The van der Waals surface area contributed by atoms with Gasteiger partial charge >= 0.3 is 0 Å². The Labute approximate surface area is 112 Å². The third-order valence-corrected chi connectivity index (χ3v) is 4.11. The molecule has 0 spiro atoms. The van der Waals surface area contributed by atoms with Gasteiger partial charge in [-0.2, -0.15) is 0 Å². The lowest BCUT2D eigenvalue weighted by atomic mass is 9.81. The number of hydrogen-bond donors (Lipinski definition) is 2. The van der Waals surface area contributed by atoms with Crippen LogP contribution in [0.5, 0.6) is 0 Å². The van der Waals surface area contributed by atoms with Gasteiger partial charge in [0.05, 0.1) is 6.54 Å². The van der Waals surface area contributed by atoms with Crippen LogP contribution in [0.25, 0.3) is 0 Å². The fourth-order valence-corrected chi connectivity index (χ4v) is 2.70. The molecule has 1 aliphatic carbocycles. The first kappa shape index (κ1) is 15.5. The van der Waals surface area contributed by atoms with Crippen LogP contribution in [0.1, 0.15) is 58.8 Å². The zero-order valence-electron chi connectivity index (χ0n) is 12.1. The largest absolute Gasteiger partial charge is 0.355 e. The SMILES string of the molecule is CCCCNC(=O)CNCC1CCC(CC)CC1. The van der Waals surface area contributed by atoms with Crippen molar-refractivity contribution in [3.05, 3.63) is 0 Å². The van der Waals surface area contributed by atoms with Crippen molar-refractivity contribution >= 4 is 5.91 Å². The molecule has 2 N–H and O–H groups in total. The van der Waals surface area contributed by atoms with Crippen molar-refractivity contribution in [1.82, 2.24) is 10.6 Å². The minimum absolute atomic E-state index is 0.144. The summed E-state index contributed by atoms with van der Waals surface area (Å²) in [5, 5.41) is 6.24. The highest BCUT2D eigenvalue weighted by Gasteiger charge is 2.19. The molecule has 0 unspecified atom stereocenters. The number of hydrogen-bond acceptors (Lipinski definition) is 2. The zero-order valence-corrected chi connectivity index (χ0v) is 12.1. The van der Waals surface area contributed by atoms with Crippen LogP contribution in [0, 0.1) is 11.8 Å². The molecule has 0 bridgehead atoms. The van der Waals surface area contributed by atoms with Crippen LogP contribution in [0.3, 0.4) is 0 Å². The van der Waals surface area contributed by atoms with Crippen LogP contribution < -0.4 is 10.6 Å². The summed E-state index contributed by atoms with van der Waals surface area (Å²) in [6.07, 6.45) is 8.98. The van der Waals surface area contributed by atoms with Crippen LogP contribution >= 0.6 is 0 Å². The van der Waals surface area contributed by atoms with Gasteiger partial charge in [-0.1, -0.05) is 39.5 Å². The number of amides is 1. The van der Waals surface area contributed by atoms with E-state index in [1.807, 2.05) is 0 Å². The van der Waals surface area contributed by atoms with Gasteiger partial charge in [-0.25, -0.2) is 0 Å². The van der Waals surface area contributed by atoms with Gasteiger partial charge in [-0.3, -0.25) is 4.79 Å². The Morgan fingerprint density at radius 1 is 1.11 bits per heavy atom. The Balaban J connectivity index is 1.99. The number of unbranched alkanes of at least 4 members (excludes halogenated alkanes) is 1. The van der Waals surface area contributed by atoms with Gasteiger partial charge < -0.3 is 10.6 Å². The molecule has 106 valence electrons. The standard InChI is InChI=1S/C15H30N2O/c1-3-5-10-17-15(18)12-16-11-14-8-6-13(4-2)7-9-14/h13-14,16H,3-12H2,1-2H3,(H,17,18). The summed E-state index contributed by atoms with van der Waals surface area (Å²) in [6, 6.07) is 0. The zero-order chi connectivity index (χ0) is 13.2. The van der Waals surface area contributed by atoms with Crippen molar-refractivity contribution in [2.45, 2.75) is 58.8 Å². The van der Waals surface area contributed by atoms with E-state index in [2.05, 4.69) is 24.5 Å². The Kier molecular flexibility index (Phi) is 8.06. The molecule has 1 rings (SSSR count). The lowest BCUT2D eigenvalue weighted by Gasteiger charge is -2.27. The van der Waals surface area contributed by atoms with Gasteiger partial charge in [0, 0.05) is 6.54 Å². The third kappa shape index (κ3) is 6.39. The second-order valence-corrected chi connectivity index (χ2v) is 5.63. The summed E-state index contributed by atoms with van der Waals surface area (Å²) >= 11 is 0. The molecule has 3 heteroatoms. The summed E-state index contributed by atoms with van der Waals surface area (Å²) < 4.78 is 0. The van der Waals surface area contributed by atoms with Crippen LogP contribution in [-0.4, -0.2) is 25.5 Å². The summed E-state index contributed by atoms with van der Waals surface area (Å²) in [7, 11) is 0. The number of rotatable bonds is 8. The number of carbonyl (C=O) groups excluding carboxylic acids is 1. The molecule has 0 radical (unpaired) electrons. The van der Waals surface area contributed by atoms with E-state index < -0.39 is 0 Å². The molecule has 0 aromatic carbocycles. The molecule has 1 aliphatic rings. The highest BCUT2D eigenvalue weighted by Crippen LogP contribution is 2.29. The smallest absolute Gasteiger partial charge is 0.233 e. The Morgan fingerprint density at radius 3 is 2.39 bits per heavy atom. The van der Waals surface area contributed by atoms with Crippen LogP contribution in [0.4, 0.5) is 0 Å². The van der Waals surface area contributed by atoms with Gasteiger partial charge in [0.25, 0.3) is 0 Å². The minimum atomic E-state index is 0.144. The summed E-state index contributed by atoms with van der Waals surface area (Å²) in [6.45, 7) is 6.74. The molecule has 3 nitrogen and oxygen atoms in total. The van der Waals surface area contributed by atoms with Crippen LogP contribution in [0.15, 0.2) is 0 Å². The quantitative estimate of drug-likeness (QED) is 0.654. The molecule has 1 saturated carbocycles. The predicted molar refractivity (Wildman–Crippen MR) is 76.5 cm³/mol. The first-order chi connectivity index (χ1) is 8.76. The highest BCUT2D eigenvalue weighted by atomic mass is 16.1. The lowest BCUT2D eigenvalue weighted by molar-refractivity contribution is -0.120. The summed E-state index contributed by atoms with van der Waals surface area (Å²) in [5.41, 5.74) is 0. The topological polar surface area (TPSA) is 41.1 Å². The molecule has 0 aromatic rings. The number of nitrogens with one attached hydrogen (secondary N) is 2. The van der Waals surface area contributed by atoms with Crippen molar-refractivity contribution in [3.63, 3.8) is 0 Å². The van der Waals surface area contributed by atoms with Crippen LogP contribution in [0.2, 0.25) is 0 Å². The molecular formula is C15H30N2O. The first-order valence-electron chi connectivity index (χ1n) is 7.73. The van der Waals surface area contributed by atoms with Gasteiger partial charge in [0.2, 0.25) is 5.91 Å². The van der Waals surface area contributed by atoms with Gasteiger partial charge in [-0.15, -0.1) is 0 Å². The van der Waals surface area contributed by atoms with E-state index >= 15 is 0 Å². The van der Waals surface area contributed by atoms with E-state index in [0.717, 1.165) is 37.8 Å². The molecule has 0 heterocycles. The predicted octanol–water partition coefficient (Wildman–Crippen LogP) is 2.71. The van der Waals surface area contributed by atoms with Crippen LogP contribution in [-0.2, 0) is 4.79 Å². The first-order valence-corrected chi connectivity index (χ1v) is 7.73. The molecule has 0 aliphatic heterocycles. The molecule has 0 aromatic heterocycles. The van der Waals surface area contributed by atoms with Gasteiger partial charge in [0.1, 0.15) is 0 Å². The third-order valence-electron chi connectivity index (χ3n) is 4.11. The Bertz CT molecular complexity index is 223. The van der Waals surface area contributed by atoms with Crippen molar-refractivity contribution in [1.29, 1.82) is 0 Å². The van der Waals surface area contributed by atoms with E-state index in [1.54, 1.807) is 0 Å². The minimum Gasteiger partial charge on any atom is -0.355 e. The van der Waals surface area contributed by atoms with Crippen molar-refractivity contribution in [2.24, 2.45) is 11.8 Å². The van der Waals surface area contributed by atoms with E-state index in [0.29, 0.717) is 6.54 Å². The fourth-order valence-electron chi connectivity index (χ4n) is 2.70. The number of carbonyl (C=O) groups is 1. The molecular weight excluding hydrogens is 224 g/mol. The monoisotopic (exact) mass is 254 g/mol. The average molecular weight is 254 g/mol. The lowest BCUT2D eigenvalue weighted by Crippen LogP contribution is -2.37. The Hall–Kier alpha value is -0.570. The van der Waals surface area contributed by atoms with E-state index in [9.17, 15) is 4.79 Å². The maximum atomic E-state index is 11.5. The molecule has 0 atom stereocenters. The second kappa shape index (κ2) is 9.37. The Morgan fingerprint density at radius 2 is 1.78 bits per heavy atom. The molecule has 1 amide bonds. The average Bonchev–Trinajstić information content (AvgIpc) is 2.40. The van der Waals surface area contributed by atoms with E-state index in [1.165, 1.54) is 32.1 Å². The maximum Gasteiger partial charge on any atom is 0.233 e. The highest BCUT2D eigenvalue weighted by molar-refractivity contribution is 5.77. The van der Waals surface area contributed by atoms with E-state index in [4.69, 9.17) is 0 Å². The van der Waals surface area contributed by atoms with E-state index in [-0.39, 0.29) is 5.91 Å². The van der Waals surface area contributed by atoms with Gasteiger partial charge in [-0.05, 0) is 37.6 Å². The maximum absolute atomic E-state index is 11.5. The summed E-state index contributed by atoms with van der Waals surface area (Å²) in [5.74, 6) is 1.89. The van der Waals surface area contributed by atoms with Crippen molar-refractivity contribution in [3.8, 4) is 0 Å². The van der Waals surface area contributed by atoms with Crippen molar-refractivity contribution in [2.75, 3.05) is 19.6 Å². The molecule has 18 heavy (non-hydrogen) atoms. The van der Waals surface area contributed by atoms with Crippen molar-refractivity contribution < 1.29 is 4.79 Å². The second-order valence-electron chi connectivity index (χ2n) is 5.63. The normalized spacial score (nSPS) is 23.9. The fraction of sp³-hybridized carbons (Fsp3) is 0.933. The molecule has 0 saturated heterocycles. The molecule has 1 fully saturated rings. The van der Waals surface area contributed by atoms with Gasteiger partial charge in [0.15, 0.2) is 0 Å².